The number of likely N-dealkylation sites (tertiary alicyclic amines) is 1. The molecule has 1 aromatic carbocycles. The Balaban J connectivity index is 1.52. The highest BCUT2D eigenvalue weighted by atomic mass is 15.2. The van der Waals surface area contributed by atoms with Gasteiger partial charge in [-0.3, -0.25) is 0 Å². The van der Waals surface area contributed by atoms with E-state index in [9.17, 15) is 0 Å². The second-order valence-corrected chi connectivity index (χ2v) is 6.13. The highest BCUT2D eigenvalue weighted by molar-refractivity contribution is 5.29. The summed E-state index contributed by atoms with van der Waals surface area (Å²) in [5.74, 6) is 0.866. The van der Waals surface area contributed by atoms with Crippen molar-refractivity contribution in [2.45, 2.75) is 51.1 Å². The molecule has 1 saturated heterocycles. The number of rotatable bonds is 5. The van der Waals surface area contributed by atoms with Crippen molar-refractivity contribution in [2.24, 2.45) is 0 Å². The van der Waals surface area contributed by atoms with Gasteiger partial charge in [-0.25, -0.2) is 0 Å². The molecule has 0 spiro atoms. The number of hydrogen-bond acceptors (Lipinski definition) is 2. The van der Waals surface area contributed by atoms with E-state index in [0.29, 0.717) is 6.04 Å². The topological polar surface area (TPSA) is 15.3 Å². The molecule has 1 saturated carbocycles. The van der Waals surface area contributed by atoms with Crippen molar-refractivity contribution in [3.05, 3.63) is 35.4 Å². The highest BCUT2D eigenvalue weighted by Crippen LogP contribution is 2.40. The number of likely N-dealkylation sites (N-methyl/N-ethyl adjacent to an activating group) is 1. The van der Waals surface area contributed by atoms with Crippen molar-refractivity contribution < 1.29 is 0 Å². The molecule has 2 heteroatoms. The van der Waals surface area contributed by atoms with Crippen LogP contribution in [-0.2, 0) is 6.54 Å². The van der Waals surface area contributed by atoms with E-state index in [1.807, 2.05) is 0 Å². The van der Waals surface area contributed by atoms with Gasteiger partial charge in [-0.2, -0.15) is 0 Å². The van der Waals surface area contributed by atoms with Crippen molar-refractivity contribution in [3.63, 3.8) is 0 Å². The van der Waals surface area contributed by atoms with Crippen LogP contribution in [0, 0.1) is 0 Å². The number of nitrogens with one attached hydrogen (secondary N) is 1. The molecule has 2 aliphatic rings. The van der Waals surface area contributed by atoms with Crippen LogP contribution in [-0.4, -0.2) is 30.6 Å². The summed E-state index contributed by atoms with van der Waals surface area (Å²) in [6.07, 6.45) is 5.46. The Labute approximate surface area is 117 Å². The Kier molecular flexibility index (Phi) is 4.19. The van der Waals surface area contributed by atoms with E-state index in [4.69, 9.17) is 0 Å². The van der Waals surface area contributed by atoms with Crippen LogP contribution >= 0.6 is 0 Å². The number of nitrogens with zero attached hydrogens (tertiary/aromatic N) is 1. The first-order chi connectivity index (χ1) is 9.35. The van der Waals surface area contributed by atoms with Gasteiger partial charge in [0.25, 0.3) is 0 Å². The van der Waals surface area contributed by atoms with Gasteiger partial charge in [0.1, 0.15) is 0 Å². The summed E-state index contributed by atoms with van der Waals surface area (Å²) in [7, 11) is 0. The molecule has 2 nitrogen and oxygen atoms in total. The molecule has 1 aliphatic heterocycles. The Bertz CT molecular complexity index is 411. The lowest BCUT2D eigenvalue weighted by atomic mass is 10.0. The Morgan fingerprint density at radius 2 is 2.16 bits per heavy atom. The van der Waals surface area contributed by atoms with Crippen LogP contribution in [0.4, 0.5) is 0 Å². The monoisotopic (exact) mass is 258 g/mol. The molecule has 0 aromatic heterocycles. The van der Waals surface area contributed by atoms with E-state index in [1.54, 1.807) is 5.56 Å². The number of benzene rings is 1. The summed E-state index contributed by atoms with van der Waals surface area (Å²) in [6, 6.07) is 9.87. The van der Waals surface area contributed by atoms with Gasteiger partial charge in [0.15, 0.2) is 0 Å². The maximum Gasteiger partial charge on any atom is 0.0208 e. The van der Waals surface area contributed by atoms with Gasteiger partial charge in [0.2, 0.25) is 0 Å². The van der Waals surface area contributed by atoms with Crippen LogP contribution < -0.4 is 5.32 Å². The molecular formula is C17H26N2. The van der Waals surface area contributed by atoms with Gasteiger partial charge in [-0.1, -0.05) is 31.2 Å². The smallest absolute Gasteiger partial charge is 0.0208 e. The Morgan fingerprint density at radius 3 is 2.95 bits per heavy atom. The van der Waals surface area contributed by atoms with Gasteiger partial charge >= 0.3 is 0 Å². The number of hydrogen-bond donors (Lipinski definition) is 1. The van der Waals surface area contributed by atoms with Crippen molar-refractivity contribution in [2.75, 3.05) is 19.6 Å². The molecule has 1 unspecified atom stereocenters. The zero-order chi connectivity index (χ0) is 13.1. The molecule has 1 aromatic rings. The fourth-order valence-electron chi connectivity index (χ4n) is 3.15. The molecule has 2 fully saturated rings. The Morgan fingerprint density at radius 1 is 1.26 bits per heavy atom. The quantitative estimate of drug-likeness (QED) is 0.873. The van der Waals surface area contributed by atoms with E-state index >= 15 is 0 Å². The van der Waals surface area contributed by atoms with Gasteiger partial charge in [0, 0.05) is 19.1 Å². The fourth-order valence-corrected chi connectivity index (χ4v) is 3.15. The van der Waals surface area contributed by atoms with Crippen LogP contribution in [0.5, 0.6) is 0 Å². The van der Waals surface area contributed by atoms with Crippen LogP contribution in [0.15, 0.2) is 24.3 Å². The fraction of sp³-hybridized carbons (Fsp3) is 0.647. The molecule has 0 amide bonds. The average Bonchev–Trinajstić information content (AvgIpc) is 3.30. The second kappa shape index (κ2) is 6.06. The minimum Gasteiger partial charge on any atom is -0.309 e. The molecular weight excluding hydrogens is 232 g/mol. The first-order valence-corrected chi connectivity index (χ1v) is 7.89. The molecule has 0 bridgehead atoms. The Hall–Kier alpha value is -0.860. The van der Waals surface area contributed by atoms with Gasteiger partial charge < -0.3 is 10.2 Å². The SMILES string of the molecule is CCN1CCCC(NCc2cccc(C3CC3)c2)C1. The predicted octanol–water partition coefficient (Wildman–Crippen LogP) is 3.14. The van der Waals surface area contributed by atoms with Crippen molar-refractivity contribution in [1.82, 2.24) is 10.2 Å². The zero-order valence-corrected chi connectivity index (χ0v) is 12.1. The van der Waals surface area contributed by atoms with E-state index in [0.717, 1.165) is 12.5 Å². The van der Waals surface area contributed by atoms with Crippen molar-refractivity contribution in [1.29, 1.82) is 0 Å². The predicted molar refractivity (Wildman–Crippen MR) is 80.4 cm³/mol. The first-order valence-electron chi connectivity index (χ1n) is 7.89. The number of piperidine rings is 1. The minimum absolute atomic E-state index is 0.679. The minimum atomic E-state index is 0.679. The summed E-state index contributed by atoms with van der Waals surface area (Å²) in [5, 5.41) is 3.75. The summed E-state index contributed by atoms with van der Waals surface area (Å²) in [5.41, 5.74) is 3.01. The van der Waals surface area contributed by atoms with Gasteiger partial charge in [-0.15, -0.1) is 0 Å². The van der Waals surface area contributed by atoms with Crippen molar-refractivity contribution in [3.8, 4) is 0 Å². The van der Waals surface area contributed by atoms with E-state index in [2.05, 4.69) is 41.4 Å². The van der Waals surface area contributed by atoms with Crippen LogP contribution in [0.3, 0.4) is 0 Å². The van der Waals surface area contributed by atoms with E-state index in [-0.39, 0.29) is 0 Å². The van der Waals surface area contributed by atoms with Gasteiger partial charge in [-0.05, 0) is 55.8 Å². The molecule has 1 heterocycles. The maximum absolute atomic E-state index is 3.75. The average molecular weight is 258 g/mol. The van der Waals surface area contributed by atoms with Crippen LogP contribution in [0.2, 0.25) is 0 Å². The lowest BCUT2D eigenvalue weighted by molar-refractivity contribution is 0.198. The summed E-state index contributed by atoms with van der Waals surface area (Å²) in [6.45, 7) is 6.99. The first kappa shape index (κ1) is 13.1. The molecule has 1 atom stereocenters. The van der Waals surface area contributed by atoms with Gasteiger partial charge in [0.05, 0.1) is 0 Å². The highest BCUT2D eigenvalue weighted by Gasteiger charge is 2.23. The van der Waals surface area contributed by atoms with E-state index < -0.39 is 0 Å². The normalized spacial score (nSPS) is 24.6. The summed E-state index contributed by atoms with van der Waals surface area (Å²) < 4.78 is 0. The lowest BCUT2D eigenvalue weighted by Crippen LogP contribution is -2.45. The third kappa shape index (κ3) is 3.58. The largest absolute Gasteiger partial charge is 0.309 e. The third-order valence-corrected chi connectivity index (χ3v) is 4.55. The maximum atomic E-state index is 3.75. The van der Waals surface area contributed by atoms with E-state index in [1.165, 1.54) is 50.9 Å². The molecule has 1 aliphatic carbocycles. The summed E-state index contributed by atoms with van der Waals surface area (Å²) >= 11 is 0. The van der Waals surface area contributed by atoms with Crippen LogP contribution in [0.1, 0.15) is 49.7 Å². The molecule has 0 radical (unpaired) electrons. The molecule has 19 heavy (non-hydrogen) atoms. The lowest BCUT2D eigenvalue weighted by Gasteiger charge is -2.32. The standard InChI is InChI=1S/C17H26N2/c1-2-19-10-4-7-17(13-19)18-12-14-5-3-6-16(11-14)15-8-9-15/h3,5-6,11,15,17-18H,2,4,7-10,12-13H2,1H3. The third-order valence-electron chi connectivity index (χ3n) is 4.55. The molecule has 3 rings (SSSR count). The van der Waals surface area contributed by atoms with Crippen molar-refractivity contribution >= 4 is 0 Å². The molecule has 104 valence electrons. The van der Waals surface area contributed by atoms with Crippen LogP contribution in [0.25, 0.3) is 0 Å². The zero-order valence-electron chi connectivity index (χ0n) is 12.1. The second-order valence-electron chi connectivity index (χ2n) is 6.13. The summed E-state index contributed by atoms with van der Waals surface area (Å²) in [4.78, 5) is 2.56. The molecule has 1 N–H and O–H groups in total.